The Morgan fingerprint density at radius 3 is 2.43 bits per heavy atom. The maximum Gasteiger partial charge on any atom is 0.558 e. The lowest BCUT2D eigenvalue weighted by molar-refractivity contribution is 0.511. The number of rotatable bonds is 1. The quantitative estimate of drug-likeness (QED) is 0.563. The third kappa shape index (κ3) is 2.75. The average Bonchev–Trinajstić information content (AvgIpc) is 1.65. The van der Waals surface area contributed by atoms with Gasteiger partial charge in [-0.05, 0) is 29.2 Å². The van der Waals surface area contributed by atoms with E-state index in [1.807, 2.05) is 0 Å². The Morgan fingerprint density at radius 1 is 2.00 bits per heavy atom. The molecule has 0 saturated heterocycles. The van der Waals surface area contributed by atoms with Crippen LogP contribution in [0.5, 0.6) is 0 Å². The predicted molar refractivity (Wildman–Crippen MR) is 29.4 cm³/mol. The molecule has 0 aliphatic rings. The van der Waals surface area contributed by atoms with E-state index in [1.54, 1.807) is 6.92 Å². The number of allylic oxidation sites excluding steroid dienone is 1. The molecule has 0 aliphatic heterocycles. The van der Waals surface area contributed by atoms with E-state index in [2.05, 4.69) is 0 Å². The summed E-state index contributed by atoms with van der Waals surface area (Å²) in [4.78, 5) is 8.13. The molecule has 1 unspecified atom stereocenters. The summed E-state index contributed by atoms with van der Waals surface area (Å²) in [5, 5.41) is 0. The van der Waals surface area contributed by atoms with Crippen molar-refractivity contribution in [3.63, 3.8) is 0 Å². The van der Waals surface area contributed by atoms with Crippen LogP contribution >= 0.6 is 19.6 Å². The van der Waals surface area contributed by atoms with Gasteiger partial charge in [-0.2, -0.15) is 4.89 Å². The summed E-state index contributed by atoms with van der Waals surface area (Å²) in [6.45, 7) is 1.60. The minimum Gasteiger partial charge on any atom is -0.156 e. The Bertz CT molecular complexity index is 110. The second kappa shape index (κ2) is 3.14. The SMILES string of the molecule is CC=C(Cl)[P+](=O)O. The van der Waals surface area contributed by atoms with Crippen LogP contribution < -0.4 is 0 Å². The molecule has 0 heterocycles. The van der Waals surface area contributed by atoms with E-state index in [-0.39, 0.29) is 4.77 Å². The van der Waals surface area contributed by atoms with Crippen LogP contribution in [0.2, 0.25) is 0 Å². The maximum absolute atomic E-state index is 9.88. The molecular weight excluding hydrogens is 134 g/mol. The highest BCUT2D eigenvalue weighted by Gasteiger charge is 2.14. The molecule has 0 amide bonds. The van der Waals surface area contributed by atoms with Crippen LogP contribution in [0.1, 0.15) is 6.92 Å². The van der Waals surface area contributed by atoms with E-state index < -0.39 is 8.03 Å². The monoisotopic (exact) mass is 139 g/mol. The van der Waals surface area contributed by atoms with Gasteiger partial charge in [-0.25, -0.2) is 0 Å². The van der Waals surface area contributed by atoms with Crippen LogP contribution in [0, 0.1) is 0 Å². The fourth-order valence-corrected chi connectivity index (χ4v) is 0.331. The molecule has 0 fully saturated rings. The number of hydrogen-bond donors (Lipinski definition) is 1. The van der Waals surface area contributed by atoms with Crippen molar-refractivity contribution in [2.75, 3.05) is 0 Å². The third-order valence-corrected chi connectivity index (χ3v) is 1.70. The van der Waals surface area contributed by atoms with Crippen LogP contribution in [0.15, 0.2) is 10.8 Å². The molecule has 0 rings (SSSR count). The number of halogens is 1. The number of hydrogen-bond acceptors (Lipinski definition) is 1. The van der Waals surface area contributed by atoms with Gasteiger partial charge in [0.05, 0.1) is 0 Å². The molecule has 0 aromatic rings. The summed E-state index contributed by atoms with van der Waals surface area (Å²) >= 11 is 5.13. The highest BCUT2D eigenvalue weighted by Crippen LogP contribution is 2.29. The van der Waals surface area contributed by atoms with Crippen molar-refractivity contribution in [2.45, 2.75) is 6.92 Å². The first-order valence-corrected chi connectivity index (χ1v) is 3.25. The zero-order valence-electron chi connectivity index (χ0n) is 3.76. The molecule has 0 saturated carbocycles. The smallest absolute Gasteiger partial charge is 0.156 e. The lowest BCUT2D eigenvalue weighted by Gasteiger charge is -1.65. The van der Waals surface area contributed by atoms with Crippen molar-refractivity contribution in [3.8, 4) is 0 Å². The van der Waals surface area contributed by atoms with Gasteiger partial charge in [0.25, 0.3) is 4.77 Å². The molecule has 0 bridgehead atoms. The first kappa shape index (κ1) is 7.09. The van der Waals surface area contributed by atoms with Crippen LogP contribution in [0.3, 0.4) is 0 Å². The molecule has 1 atom stereocenters. The van der Waals surface area contributed by atoms with E-state index in [0.717, 1.165) is 0 Å². The second-order valence-corrected chi connectivity index (χ2v) is 2.58. The molecule has 0 aromatic heterocycles. The zero-order valence-corrected chi connectivity index (χ0v) is 5.41. The summed E-state index contributed by atoms with van der Waals surface area (Å²) in [5.41, 5.74) is 0. The molecule has 0 radical (unpaired) electrons. The van der Waals surface area contributed by atoms with E-state index in [1.165, 1.54) is 6.08 Å². The van der Waals surface area contributed by atoms with Crippen molar-refractivity contribution < 1.29 is 9.46 Å². The molecule has 0 aliphatic carbocycles. The largest absolute Gasteiger partial charge is 0.558 e. The van der Waals surface area contributed by atoms with Crippen molar-refractivity contribution in [2.24, 2.45) is 0 Å². The van der Waals surface area contributed by atoms with Gasteiger partial charge in [-0.15, -0.1) is 0 Å². The molecule has 0 spiro atoms. The molecular formula is C3H5ClO2P+. The normalized spacial score (nSPS) is 14.1. The van der Waals surface area contributed by atoms with Crippen LogP contribution in [0.25, 0.3) is 0 Å². The third-order valence-electron chi connectivity index (χ3n) is 0.421. The lowest BCUT2D eigenvalue weighted by atomic mass is 10.8. The standard InChI is InChI=1S/C3H4ClO2P/c1-2-3(4)7(5)6/h2H,1H3/p+1. The highest BCUT2D eigenvalue weighted by atomic mass is 35.5. The first-order valence-electron chi connectivity index (χ1n) is 1.66. The van der Waals surface area contributed by atoms with E-state index in [0.29, 0.717) is 0 Å². The van der Waals surface area contributed by atoms with Crippen molar-refractivity contribution in [1.82, 2.24) is 0 Å². The Hall–Kier alpha value is 0.0900. The Kier molecular flexibility index (Phi) is 3.18. The van der Waals surface area contributed by atoms with Gasteiger partial charge in [0.1, 0.15) is 0 Å². The van der Waals surface area contributed by atoms with Crippen molar-refractivity contribution in [3.05, 3.63) is 10.8 Å². The van der Waals surface area contributed by atoms with Crippen LogP contribution in [-0.4, -0.2) is 4.89 Å². The Labute approximate surface area is 47.7 Å². The summed E-state index contributed by atoms with van der Waals surface area (Å²) in [7, 11) is -2.29. The van der Waals surface area contributed by atoms with E-state index in [9.17, 15) is 4.57 Å². The van der Waals surface area contributed by atoms with Crippen LogP contribution in [0.4, 0.5) is 0 Å². The predicted octanol–water partition coefficient (Wildman–Crippen LogP) is 1.82. The fourth-order valence-electron chi connectivity index (χ4n) is 0.110. The lowest BCUT2D eigenvalue weighted by Crippen LogP contribution is -1.54. The first-order chi connectivity index (χ1) is 3.18. The molecule has 1 N–H and O–H groups in total. The molecule has 0 aromatic carbocycles. The zero-order chi connectivity index (χ0) is 5.86. The Balaban J connectivity index is 3.82. The van der Waals surface area contributed by atoms with E-state index in [4.69, 9.17) is 16.5 Å². The second-order valence-electron chi connectivity index (χ2n) is 0.884. The van der Waals surface area contributed by atoms with Gasteiger partial charge in [-0.3, -0.25) is 0 Å². The maximum atomic E-state index is 9.88. The fraction of sp³-hybridized carbons (Fsp3) is 0.333. The van der Waals surface area contributed by atoms with E-state index >= 15 is 0 Å². The van der Waals surface area contributed by atoms with Gasteiger partial charge in [0.15, 0.2) is 0 Å². The minimum atomic E-state index is -2.29. The topological polar surface area (TPSA) is 37.3 Å². The summed E-state index contributed by atoms with van der Waals surface area (Å²) < 4.78 is 9.89. The molecule has 7 heavy (non-hydrogen) atoms. The summed E-state index contributed by atoms with van der Waals surface area (Å²) in [5.74, 6) is 0. The average molecular weight is 139 g/mol. The van der Waals surface area contributed by atoms with Crippen molar-refractivity contribution in [1.29, 1.82) is 0 Å². The van der Waals surface area contributed by atoms with Crippen LogP contribution in [-0.2, 0) is 4.57 Å². The van der Waals surface area contributed by atoms with Crippen molar-refractivity contribution >= 4 is 19.6 Å². The van der Waals surface area contributed by atoms with Gasteiger partial charge < -0.3 is 0 Å². The molecule has 4 heteroatoms. The van der Waals surface area contributed by atoms with Gasteiger partial charge in [0, 0.05) is 0 Å². The summed E-state index contributed by atoms with van der Waals surface area (Å²) in [6.07, 6.45) is 1.39. The molecule has 40 valence electrons. The highest BCUT2D eigenvalue weighted by molar-refractivity contribution is 7.46. The minimum absolute atomic E-state index is 0.00926. The molecule has 2 nitrogen and oxygen atoms in total. The van der Waals surface area contributed by atoms with Gasteiger partial charge >= 0.3 is 8.03 Å². The van der Waals surface area contributed by atoms with Gasteiger partial charge in [-0.1, -0.05) is 0 Å². The Morgan fingerprint density at radius 2 is 2.43 bits per heavy atom. The summed E-state index contributed by atoms with van der Waals surface area (Å²) in [6, 6.07) is 0. The van der Waals surface area contributed by atoms with Gasteiger partial charge in [0.2, 0.25) is 0 Å².